The largest absolute Gasteiger partial charge is 0.475 e. The Morgan fingerprint density at radius 3 is 2.49 bits per heavy atom. The summed E-state index contributed by atoms with van der Waals surface area (Å²) in [7, 11) is 3.32. The molecule has 4 aromatic rings. The quantitative estimate of drug-likeness (QED) is 0.0995. The number of benzene rings is 2. The van der Waals surface area contributed by atoms with Crippen molar-refractivity contribution in [1.82, 2.24) is 35.0 Å². The highest BCUT2D eigenvalue weighted by molar-refractivity contribution is 5.84. The zero-order valence-electron chi connectivity index (χ0n) is 31.0. The van der Waals surface area contributed by atoms with Crippen LogP contribution in [-0.4, -0.2) is 97.6 Å². The molecule has 1 atom stereocenters. The highest BCUT2D eigenvalue weighted by atomic mass is 16.6. The maximum absolute atomic E-state index is 12.8. The van der Waals surface area contributed by atoms with Crippen LogP contribution in [0.15, 0.2) is 66.9 Å². The van der Waals surface area contributed by atoms with Gasteiger partial charge in [-0.15, -0.1) is 0 Å². The Morgan fingerprint density at radius 2 is 1.91 bits per heavy atom. The number of pyridine rings is 1. The van der Waals surface area contributed by atoms with Crippen LogP contribution in [0.25, 0.3) is 17.0 Å². The van der Waals surface area contributed by atoms with Crippen molar-refractivity contribution in [2.45, 2.75) is 58.6 Å². The summed E-state index contributed by atoms with van der Waals surface area (Å²) in [6, 6.07) is 17.6. The normalized spacial score (nSPS) is 15.3. The predicted molar refractivity (Wildman–Crippen MR) is 201 cm³/mol. The van der Waals surface area contributed by atoms with Crippen molar-refractivity contribution in [3.63, 3.8) is 0 Å². The van der Waals surface area contributed by atoms with E-state index in [1.165, 1.54) is 16.9 Å². The molecule has 0 spiro atoms. The molecule has 0 aliphatic carbocycles. The SMILES string of the molecule is CC(C)Oc1ccc(C2NNc3ccc(NC=O)cc32)cn1.CCCN(COC)C(O)(O)C(=O)N1CC=C(c2ccc(-c3nc(C)n(C)n3)cc2)CC1. The van der Waals surface area contributed by atoms with Crippen molar-refractivity contribution < 1.29 is 29.3 Å². The molecule has 0 saturated carbocycles. The van der Waals surface area contributed by atoms with E-state index in [0.29, 0.717) is 50.6 Å². The minimum Gasteiger partial charge on any atom is -0.475 e. The van der Waals surface area contributed by atoms with E-state index in [4.69, 9.17) is 9.47 Å². The van der Waals surface area contributed by atoms with Gasteiger partial charge < -0.3 is 35.3 Å². The van der Waals surface area contributed by atoms with Gasteiger partial charge in [-0.1, -0.05) is 43.3 Å². The summed E-state index contributed by atoms with van der Waals surface area (Å²) in [4.78, 5) is 34.8. The standard InChI is InChI=1S/C22H31N5O4.C16H18N4O2/c1-5-12-27(15-31-4)22(29,30)21(28)26-13-10-18(11-14-26)17-6-8-19(9-7-17)20-23-16(2)25(3)24-20;1-10(2)22-15-6-3-11(8-17-15)16-13-7-12(18-9-21)4-5-14(13)19-20-16/h6-10,29-30H,5,11-15H2,1-4H3;3-10,16,19-20H,1-2H3,(H,18,21). The number of hydrazine groups is 1. The summed E-state index contributed by atoms with van der Waals surface area (Å²) in [5.74, 6) is -1.17. The van der Waals surface area contributed by atoms with Gasteiger partial charge in [-0.05, 0) is 68.5 Å². The van der Waals surface area contributed by atoms with Gasteiger partial charge in [0.25, 0.3) is 5.91 Å². The first-order valence-electron chi connectivity index (χ1n) is 17.6. The number of fused-ring (bicyclic) bond motifs is 1. The topological polar surface area (TPSA) is 179 Å². The fourth-order valence-corrected chi connectivity index (χ4v) is 6.05. The van der Waals surface area contributed by atoms with Gasteiger partial charge >= 0.3 is 5.91 Å². The van der Waals surface area contributed by atoms with Crippen LogP contribution in [0.5, 0.6) is 5.88 Å². The van der Waals surface area contributed by atoms with E-state index in [1.807, 2.05) is 95.4 Å². The number of nitrogens with zero attached hydrogens (tertiary/aromatic N) is 6. The number of nitrogens with one attached hydrogen (secondary N) is 3. The molecule has 0 radical (unpaired) electrons. The van der Waals surface area contributed by atoms with Crippen molar-refractivity contribution in [2.75, 3.05) is 44.2 Å². The molecule has 4 heterocycles. The van der Waals surface area contributed by atoms with Crippen molar-refractivity contribution >= 4 is 29.3 Å². The van der Waals surface area contributed by atoms with E-state index < -0.39 is 11.8 Å². The fraction of sp³-hybridized carbons (Fsp3) is 0.395. The van der Waals surface area contributed by atoms with E-state index in [0.717, 1.165) is 45.0 Å². The average molecular weight is 728 g/mol. The number of aryl methyl sites for hydroxylation is 2. The molecular formula is C38H49N9O6. The monoisotopic (exact) mass is 727 g/mol. The van der Waals surface area contributed by atoms with Crippen LogP contribution in [0.3, 0.4) is 0 Å². The molecule has 2 aromatic carbocycles. The van der Waals surface area contributed by atoms with E-state index in [1.54, 1.807) is 10.9 Å². The van der Waals surface area contributed by atoms with Crippen molar-refractivity contribution in [3.8, 4) is 17.3 Å². The minimum absolute atomic E-state index is 0.0241. The Labute approximate surface area is 309 Å². The second-order valence-electron chi connectivity index (χ2n) is 13.1. The molecule has 0 fully saturated rings. The van der Waals surface area contributed by atoms with Gasteiger partial charge in [-0.25, -0.2) is 20.3 Å². The first-order chi connectivity index (χ1) is 25.4. The van der Waals surface area contributed by atoms with Crippen LogP contribution in [0.2, 0.25) is 0 Å². The first-order valence-corrected chi connectivity index (χ1v) is 17.6. The van der Waals surface area contributed by atoms with Crippen molar-refractivity contribution in [3.05, 3.63) is 89.4 Å². The zero-order chi connectivity index (χ0) is 38.1. The van der Waals surface area contributed by atoms with Gasteiger partial charge in [0, 0.05) is 62.9 Å². The number of hydrogen-bond acceptors (Lipinski definition) is 12. The lowest BCUT2D eigenvalue weighted by atomic mass is 9.98. The Balaban J connectivity index is 0.000000216. The van der Waals surface area contributed by atoms with Crippen LogP contribution in [0, 0.1) is 6.92 Å². The second-order valence-corrected chi connectivity index (χ2v) is 13.1. The molecule has 6 rings (SSSR count). The highest BCUT2D eigenvalue weighted by Crippen LogP contribution is 2.35. The highest BCUT2D eigenvalue weighted by Gasteiger charge is 2.43. The molecular weight excluding hydrogens is 678 g/mol. The molecule has 0 bridgehead atoms. The smallest absolute Gasteiger partial charge is 0.310 e. The minimum atomic E-state index is -2.59. The number of aliphatic hydroxyl groups is 2. The van der Waals surface area contributed by atoms with Gasteiger partial charge in [0.1, 0.15) is 12.6 Å². The third-order valence-corrected chi connectivity index (χ3v) is 8.89. The fourth-order valence-electron chi connectivity index (χ4n) is 6.05. The van der Waals surface area contributed by atoms with Crippen molar-refractivity contribution in [1.29, 1.82) is 0 Å². The lowest BCUT2D eigenvalue weighted by Gasteiger charge is -2.37. The van der Waals surface area contributed by atoms with E-state index in [2.05, 4.69) is 31.2 Å². The summed E-state index contributed by atoms with van der Waals surface area (Å²) in [5.41, 5.74) is 13.3. The zero-order valence-corrected chi connectivity index (χ0v) is 31.0. The van der Waals surface area contributed by atoms with Crippen LogP contribution in [0.1, 0.15) is 62.2 Å². The summed E-state index contributed by atoms with van der Waals surface area (Å²) in [5, 5.41) is 28.0. The molecule has 53 heavy (non-hydrogen) atoms. The Bertz CT molecular complexity index is 1850. The number of rotatable bonds is 13. The molecule has 2 aliphatic heterocycles. The molecule has 0 saturated heterocycles. The van der Waals surface area contributed by atoms with E-state index in [-0.39, 0.29) is 18.9 Å². The number of carbonyl (C=O) groups excluding carboxylic acids is 2. The summed E-state index contributed by atoms with van der Waals surface area (Å²) < 4.78 is 12.3. The number of amides is 2. The van der Waals surface area contributed by atoms with E-state index >= 15 is 0 Å². The maximum Gasteiger partial charge on any atom is 0.310 e. The molecule has 2 aliphatic rings. The van der Waals surface area contributed by atoms with Crippen LogP contribution in [-0.2, 0) is 21.4 Å². The molecule has 1 unspecified atom stereocenters. The summed E-state index contributed by atoms with van der Waals surface area (Å²) in [6.45, 7) is 8.75. The summed E-state index contributed by atoms with van der Waals surface area (Å²) >= 11 is 0. The number of anilines is 2. The first kappa shape index (κ1) is 39.0. The van der Waals surface area contributed by atoms with Gasteiger partial charge in [0.2, 0.25) is 12.3 Å². The number of hydrogen-bond donors (Lipinski definition) is 5. The number of ether oxygens (including phenoxy) is 2. The molecule has 2 aromatic heterocycles. The van der Waals surface area contributed by atoms with Crippen molar-refractivity contribution in [2.24, 2.45) is 7.05 Å². The third kappa shape index (κ3) is 9.43. The number of methoxy groups -OCH3 is 1. The Hall–Kier alpha value is -5.19. The van der Waals surface area contributed by atoms with Gasteiger partial charge in [-0.3, -0.25) is 14.3 Å². The van der Waals surface area contributed by atoms with Gasteiger partial charge in [0.15, 0.2) is 5.82 Å². The lowest BCUT2D eigenvalue weighted by molar-refractivity contribution is -0.271. The molecule has 15 nitrogen and oxygen atoms in total. The van der Waals surface area contributed by atoms with Gasteiger partial charge in [0.05, 0.1) is 17.8 Å². The average Bonchev–Trinajstić information content (AvgIpc) is 3.73. The Morgan fingerprint density at radius 1 is 1.15 bits per heavy atom. The van der Waals surface area contributed by atoms with Crippen LogP contribution < -0.4 is 20.9 Å². The molecule has 282 valence electrons. The molecule has 2 amide bonds. The molecule has 15 heteroatoms. The molecule has 5 N–H and O–H groups in total. The van der Waals surface area contributed by atoms with Crippen LogP contribution in [0.4, 0.5) is 11.4 Å². The number of carbonyl (C=O) groups is 2. The van der Waals surface area contributed by atoms with E-state index in [9.17, 15) is 19.8 Å². The third-order valence-electron chi connectivity index (χ3n) is 8.89. The van der Waals surface area contributed by atoms with Gasteiger partial charge in [-0.2, -0.15) is 5.10 Å². The van der Waals surface area contributed by atoms with Crippen LogP contribution >= 0.6 is 0 Å². The predicted octanol–water partition coefficient (Wildman–Crippen LogP) is 3.82. The summed E-state index contributed by atoms with van der Waals surface area (Å²) in [6.07, 6.45) is 5.81. The second kappa shape index (κ2) is 17.6. The maximum atomic E-state index is 12.8. The lowest BCUT2D eigenvalue weighted by Crippen LogP contribution is -2.61. The Kier molecular flexibility index (Phi) is 12.9. The number of aromatic nitrogens is 4.